The smallest absolute Gasteiger partial charge is 0.317 e. The van der Waals surface area contributed by atoms with Crippen molar-refractivity contribution in [2.24, 2.45) is 11.8 Å². The topological polar surface area (TPSA) is 69.6 Å². The van der Waals surface area contributed by atoms with E-state index >= 15 is 0 Å². The molecule has 0 fully saturated rings. The van der Waals surface area contributed by atoms with E-state index in [9.17, 15) is 9.59 Å². The zero-order chi connectivity index (χ0) is 14.1. The lowest BCUT2D eigenvalue weighted by molar-refractivity contribution is -0.142. The molecule has 5 nitrogen and oxygen atoms in total. The molecular weight excluding hydrogens is 232 g/mol. The van der Waals surface area contributed by atoms with Crippen LogP contribution in [0.2, 0.25) is 0 Å². The second kappa shape index (κ2) is 8.55. The summed E-state index contributed by atoms with van der Waals surface area (Å²) in [5.41, 5.74) is 0. The maximum atomic E-state index is 11.8. The Balaban J connectivity index is 4.35. The first kappa shape index (κ1) is 16.5. The number of carboxylic acids is 1. The molecule has 0 saturated carbocycles. The Morgan fingerprint density at radius 1 is 1.44 bits per heavy atom. The van der Waals surface area contributed by atoms with E-state index in [1.165, 1.54) is 0 Å². The van der Waals surface area contributed by atoms with Gasteiger partial charge in [-0.25, -0.2) is 4.79 Å². The summed E-state index contributed by atoms with van der Waals surface area (Å²) in [4.78, 5) is 24.5. The van der Waals surface area contributed by atoms with Crippen LogP contribution < -0.4 is 5.32 Å². The summed E-state index contributed by atoms with van der Waals surface area (Å²) in [6.07, 6.45) is 2.51. The second-order valence-electron chi connectivity index (χ2n) is 4.61. The van der Waals surface area contributed by atoms with Gasteiger partial charge in [0, 0.05) is 19.6 Å². The number of hydrogen-bond donors (Lipinski definition) is 2. The molecule has 0 aromatic rings. The minimum Gasteiger partial charge on any atom is -0.481 e. The number of carbonyl (C=O) groups excluding carboxylic acids is 1. The third kappa shape index (κ3) is 5.70. The molecule has 5 heteroatoms. The highest BCUT2D eigenvalue weighted by atomic mass is 16.4. The maximum absolute atomic E-state index is 11.8. The third-order valence-corrected chi connectivity index (χ3v) is 2.73. The quantitative estimate of drug-likeness (QED) is 0.652. The van der Waals surface area contributed by atoms with Crippen LogP contribution in [0.15, 0.2) is 12.7 Å². The fourth-order valence-corrected chi connectivity index (χ4v) is 1.62. The number of urea groups is 1. The van der Waals surface area contributed by atoms with E-state index in [2.05, 4.69) is 11.9 Å². The van der Waals surface area contributed by atoms with Crippen LogP contribution in [0.3, 0.4) is 0 Å². The Hall–Kier alpha value is -1.52. The van der Waals surface area contributed by atoms with Gasteiger partial charge in [0.1, 0.15) is 0 Å². The summed E-state index contributed by atoms with van der Waals surface area (Å²) in [6, 6.07) is -0.233. The molecule has 104 valence electrons. The minimum atomic E-state index is -0.879. The molecule has 2 amide bonds. The molecule has 0 aromatic carbocycles. The molecule has 0 aliphatic rings. The summed E-state index contributed by atoms with van der Waals surface area (Å²) in [5, 5.41) is 11.7. The van der Waals surface area contributed by atoms with Crippen LogP contribution in [-0.2, 0) is 4.79 Å². The summed E-state index contributed by atoms with van der Waals surface area (Å²) >= 11 is 0. The van der Waals surface area contributed by atoms with E-state index in [0.717, 1.165) is 6.42 Å². The molecule has 0 rings (SSSR count). The second-order valence-corrected chi connectivity index (χ2v) is 4.61. The molecule has 0 aromatic heterocycles. The fourth-order valence-electron chi connectivity index (χ4n) is 1.62. The monoisotopic (exact) mass is 256 g/mol. The molecule has 2 N–H and O–H groups in total. The average Bonchev–Trinajstić information content (AvgIpc) is 2.27. The average molecular weight is 256 g/mol. The van der Waals surface area contributed by atoms with Crippen molar-refractivity contribution >= 4 is 12.0 Å². The van der Waals surface area contributed by atoms with Gasteiger partial charge in [-0.05, 0) is 12.3 Å². The van der Waals surface area contributed by atoms with Crippen molar-refractivity contribution < 1.29 is 14.7 Å². The molecule has 0 aliphatic heterocycles. The summed E-state index contributed by atoms with van der Waals surface area (Å²) in [6.45, 7) is 10.5. The van der Waals surface area contributed by atoms with E-state index in [1.807, 2.05) is 20.8 Å². The molecule has 0 heterocycles. The lowest BCUT2D eigenvalue weighted by Crippen LogP contribution is -2.44. The van der Waals surface area contributed by atoms with E-state index in [-0.39, 0.29) is 18.5 Å². The fraction of sp³-hybridized carbons (Fsp3) is 0.692. The minimum absolute atomic E-state index is 0.0122. The molecule has 0 saturated heterocycles. The molecule has 0 radical (unpaired) electrons. The number of nitrogens with zero attached hydrogens (tertiary/aromatic N) is 1. The van der Waals surface area contributed by atoms with Gasteiger partial charge in [0.2, 0.25) is 0 Å². The van der Waals surface area contributed by atoms with Gasteiger partial charge in [0.15, 0.2) is 0 Å². The maximum Gasteiger partial charge on any atom is 0.317 e. The normalized spacial score (nSPS) is 12.0. The highest BCUT2D eigenvalue weighted by Gasteiger charge is 2.22. The lowest BCUT2D eigenvalue weighted by Gasteiger charge is -2.23. The Bertz CT molecular complexity index is 290. The molecule has 1 atom stereocenters. The van der Waals surface area contributed by atoms with Crippen molar-refractivity contribution in [3.05, 3.63) is 12.7 Å². The first-order valence-electron chi connectivity index (χ1n) is 6.30. The Morgan fingerprint density at radius 2 is 2.06 bits per heavy atom. The van der Waals surface area contributed by atoms with Crippen LogP contribution in [0.5, 0.6) is 0 Å². The summed E-state index contributed by atoms with van der Waals surface area (Å²) in [5.74, 6) is -1.45. The van der Waals surface area contributed by atoms with Gasteiger partial charge in [0.25, 0.3) is 0 Å². The molecule has 0 spiro atoms. The van der Waals surface area contributed by atoms with Crippen molar-refractivity contribution in [1.29, 1.82) is 0 Å². The molecule has 0 bridgehead atoms. The zero-order valence-electron chi connectivity index (χ0n) is 11.5. The van der Waals surface area contributed by atoms with Crippen molar-refractivity contribution in [3.8, 4) is 0 Å². The van der Waals surface area contributed by atoms with Crippen LogP contribution in [0.25, 0.3) is 0 Å². The van der Waals surface area contributed by atoms with Gasteiger partial charge in [-0.2, -0.15) is 0 Å². The molecular formula is C13H24N2O3. The van der Waals surface area contributed by atoms with E-state index in [1.54, 1.807) is 11.0 Å². The number of nitrogens with one attached hydrogen (secondary N) is 1. The first-order valence-corrected chi connectivity index (χ1v) is 6.30. The van der Waals surface area contributed by atoms with Gasteiger partial charge < -0.3 is 15.3 Å². The standard InChI is InChI=1S/C13H24N2O3/c1-5-7-15(8-6-2)13(18)14-9-11(10(3)4)12(16)17/h5,10-11H,1,6-9H2,2-4H3,(H,14,18)(H,16,17). The molecule has 0 aliphatic carbocycles. The SMILES string of the molecule is C=CCN(CCC)C(=O)NCC(C(=O)O)C(C)C. The van der Waals surface area contributed by atoms with Crippen molar-refractivity contribution in [3.63, 3.8) is 0 Å². The van der Waals surface area contributed by atoms with E-state index < -0.39 is 11.9 Å². The predicted octanol–water partition coefficient (Wildman–Crippen LogP) is 1.95. The van der Waals surface area contributed by atoms with Gasteiger partial charge in [-0.1, -0.05) is 26.8 Å². The number of aliphatic carboxylic acids is 1. The Labute approximate surface area is 109 Å². The first-order chi connectivity index (χ1) is 8.43. The predicted molar refractivity (Wildman–Crippen MR) is 71.4 cm³/mol. The number of amides is 2. The molecule has 18 heavy (non-hydrogen) atoms. The lowest BCUT2D eigenvalue weighted by atomic mass is 9.96. The van der Waals surface area contributed by atoms with Crippen LogP contribution in [0.4, 0.5) is 4.79 Å². The van der Waals surface area contributed by atoms with Gasteiger partial charge >= 0.3 is 12.0 Å². The van der Waals surface area contributed by atoms with Gasteiger partial charge in [-0.15, -0.1) is 6.58 Å². The Kier molecular flexibility index (Phi) is 7.83. The van der Waals surface area contributed by atoms with E-state index in [0.29, 0.717) is 13.1 Å². The van der Waals surface area contributed by atoms with Gasteiger partial charge in [-0.3, -0.25) is 4.79 Å². The Morgan fingerprint density at radius 3 is 2.44 bits per heavy atom. The largest absolute Gasteiger partial charge is 0.481 e. The number of carbonyl (C=O) groups is 2. The van der Waals surface area contributed by atoms with Crippen LogP contribution >= 0.6 is 0 Å². The summed E-state index contributed by atoms with van der Waals surface area (Å²) in [7, 11) is 0. The van der Waals surface area contributed by atoms with Gasteiger partial charge in [0.05, 0.1) is 5.92 Å². The number of carboxylic acid groups (broad SMARTS) is 1. The molecule has 1 unspecified atom stereocenters. The van der Waals surface area contributed by atoms with Crippen molar-refractivity contribution in [2.45, 2.75) is 27.2 Å². The zero-order valence-corrected chi connectivity index (χ0v) is 11.5. The highest BCUT2D eigenvalue weighted by molar-refractivity contribution is 5.76. The van der Waals surface area contributed by atoms with Crippen LogP contribution in [0, 0.1) is 11.8 Å². The number of hydrogen-bond acceptors (Lipinski definition) is 2. The van der Waals surface area contributed by atoms with Crippen LogP contribution in [0.1, 0.15) is 27.2 Å². The number of rotatable bonds is 8. The van der Waals surface area contributed by atoms with Crippen molar-refractivity contribution in [1.82, 2.24) is 10.2 Å². The highest BCUT2D eigenvalue weighted by Crippen LogP contribution is 2.09. The van der Waals surface area contributed by atoms with Crippen LogP contribution in [-0.4, -0.2) is 41.6 Å². The van der Waals surface area contributed by atoms with E-state index in [4.69, 9.17) is 5.11 Å². The third-order valence-electron chi connectivity index (χ3n) is 2.73. The van der Waals surface area contributed by atoms with Crippen molar-refractivity contribution in [2.75, 3.05) is 19.6 Å². The summed E-state index contributed by atoms with van der Waals surface area (Å²) < 4.78 is 0.